The van der Waals surface area contributed by atoms with Gasteiger partial charge in [-0.1, -0.05) is 33.6 Å². The lowest BCUT2D eigenvalue weighted by molar-refractivity contribution is -0.136. The minimum absolute atomic E-state index is 0.0484. The number of carboxylic acid groups (broad SMARTS) is 1. The van der Waals surface area contributed by atoms with Crippen LogP contribution in [-0.4, -0.2) is 26.0 Å². The molecule has 2 aromatic rings. The Morgan fingerprint density at radius 2 is 1.83 bits per heavy atom. The number of anilines is 1. The molecule has 0 bridgehead atoms. The van der Waals surface area contributed by atoms with Crippen LogP contribution in [0.1, 0.15) is 6.42 Å². The molecule has 0 fully saturated rings. The smallest absolute Gasteiger partial charge is 0.305 e. The number of nitrogens with zero attached hydrogens (tertiary/aromatic N) is 1. The van der Waals surface area contributed by atoms with E-state index in [1.165, 1.54) is 24.3 Å². The maximum absolute atomic E-state index is 12.8. The van der Waals surface area contributed by atoms with Crippen LogP contribution >= 0.6 is 27.5 Å². The zero-order chi connectivity index (χ0) is 17.0. The number of halogens is 2. The van der Waals surface area contributed by atoms with Crippen LogP contribution < -0.4 is 4.31 Å². The topological polar surface area (TPSA) is 74.7 Å². The monoisotopic (exact) mass is 417 g/mol. The lowest BCUT2D eigenvalue weighted by Gasteiger charge is -2.24. The number of carboxylic acids is 1. The molecule has 0 aromatic heterocycles. The molecular weight excluding hydrogens is 406 g/mol. The van der Waals surface area contributed by atoms with E-state index in [0.29, 0.717) is 15.2 Å². The number of rotatable bonds is 6. The van der Waals surface area contributed by atoms with Crippen LogP contribution in [0.5, 0.6) is 0 Å². The molecule has 0 unspecified atom stereocenters. The second-order valence-corrected chi connectivity index (χ2v) is 7.87. The van der Waals surface area contributed by atoms with Gasteiger partial charge in [0.25, 0.3) is 10.0 Å². The van der Waals surface area contributed by atoms with E-state index < -0.39 is 16.0 Å². The van der Waals surface area contributed by atoms with Gasteiger partial charge in [0.15, 0.2) is 0 Å². The van der Waals surface area contributed by atoms with Gasteiger partial charge in [-0.05, 0) is 42.5 Å². The van der Waals surface area contributed by atoms with Crippen molar-refractivity contribution in [1.82, 2.24) is 0 Å². The van der Waals surface area contributed by atoms with Gasteiger partial charge in [-0.15, -0.1) is 0 Å². The molecule has 0 radical (unpaired) electrons. The maximum Gasteiger partial charge on any atom is 0.305 e. The number of sulfonamides is 1. The molecule has 1 N–H and O–H groups in total. The van der Waals surface area contributed by atoms with E-state index in [0.717, 1.165) is 4.31 Å². The van der Waals surface area contributed by atoms with E-state index in [9.17, 15) is 13.2 Å². The highest BCUT2D eigenvalue weighted by molar-refractivity contribution is 9.10. The first-order valence-electron chi connectivity index (χ1n) is 6.56. The van der Waals surface area contributed by atoms with Gasteiger partial charge in [0.2, 0.25) is 0 Å². The normalized spacial score (nSPS) is 11.2. The predicted molar refractivity (Wildman–Crippen MR) is 92.4 cm³/mol. The second kappa shape index (κ2) is 7.33. The van der Waals surface area contributed by atoms with Crippen molar-refractivity contribution in [3.8, 4) is 0 Å². The Balaban J connectivity index is 2.47. The molecule has 0 saturated carbocycles. The first-order valence-corrected chi connectivity index (χ1v) is 9.17. The molecule has 0 heterocycles. The molecule has 122 valence electrons. The largest absolute Gasteiger partial charge is 0.481 e. The van der Waals surface area contributed by atoms with Crippen molar-refractivity contribution in [3.05, 3.63) is 58.0 Å². The summed E-state index contributed by atoms with van der Waals surface area (Å²) in [5.41, 5.74) is 0.385. The lowest BCUT2D eigenvalue weighted by Crippen LogP contribution is -2.33. The van der Waals surface area contributed by atoms with Crippen LogP contribution in [0.2, 0.25) is 5.02 Å². The van der Waals surface area contributed by atoms with Crippen LogP contribution in [0.15, 0.2) is 57.9 Å². The number of benzene rings is 2. The summed E-state index contributed by atoms with van der Waals surface area (Å²) in [4.78, 5) is 10.9. The third-order valence-electron chi connectivity index (χ3n) is 3.03. The Morgan fingerprint density at radius 1 is 1.17 bits per heavy atom. The molecule has 2 aromatic carbocycles. The first kappa shape index (κ1) is 17.8. The van der Waals surface area contributed by atoms with E-state index in [4.69, 9.17) is 16.7 Å². The molecule has 0 aliphatic carbocycles. The van der Waals surface area contributed by atoms with Crippen molar-refractivity contribution in [2.45, 2.75) is 11.3 Å². The van der Waals surface area contributed by atoms with Gasteiger partial charge >= 0.3 is 5.97 Å². The fraction of sp³-hybridized carbons (Fsp3) is 0.133. The Morgan fingerprint density at radius 3 is 2.39 bits per heavy atom. The Labute approximate surface area is 147 Å². The highest BCUT2D eigenvalue weighted by Gasteiger charge is 2.25. The minimum Gasteiger partial charge on any atom is -0.481 e. The molecule has 0 spiro atoms. The van der Waals surface area contributed by atoms with Crippen LogP contribution in [0.25, 0.3) is 0 Å². The third kappa shape index (κ3) is 4.46. The second-order valence-electron chi connectivity index (χ2n) is 4.65. The van der Waals surface area contributed by atoms with Gasteiger partial charge in [-0.25, -0.2) is 8.42 Å². The lowest BCUT2D eigenvalue weighted by atomic mass is 10.3. The molecular formula is C15H13BrClNO4S. The van der Waals surface area contributed by atoms with Gasteiger partial charge < -0.3 is 5.11 Å². The highest BCUT2D eigenvalue weighted by atomic mass is 79.9. The van der Waals surface area contributed by atoms with Gasteiger partial charge in [0.1, 0.15) is 0 Å². The van der Waals surface area contributed by atoms with Crippen molar-refractivity contribution in [3.63, 3.8) is 0 Å². The average molecular weight is 419 g/mol. The summed E-state index contributed by atoms with van der Waals surface area (Å²) in [6.45, 7) is -0.170. The van der Waals surface area contributed by atoms with Crippen molar-refractivity contribution < 1.29 is 18.3 Å². The summed E-state index contributed by atoms with van der Waals surface area (Å²) in [5.74, 6) is -1.07. The molecule has 2 rings (SSSR count). The molecule has 23 heavy (non-hydrogen) atoms. The maximum atomic E-state index is 12.8. The zero-order valence-electron chi connectivity index (χ0n) is 11.8. The van der Waals surface area contributed by atoms with Crippen LogP contribution in [0.4, 0.5) is 5.69 Å². The summed E-state index contributed by atoms with van der Waals surface area (Å²) in [6, 6.07) is 12.4. The Kier molecular flexibility index (Phi) is 5.67. The van der Waals surface area contributed by atoms with Gasteiger partial charge in [0, 0.05) is 16.0 Å². The van der Waals surface area contributed by atoms with Crippen molar-refractivity contribution in [2.75, 3.05) is 10.8 Å². The Bertz CT molecular complexity index is 808. The zero-order valence-corrected chi connectivity index (χ0v) is 15.0. The van der Waals surface area contributed by atoms with Gasteiger partial charge in [-0.3, -0.25) is 9.10 Å². The van der Waals surface area contributed by atoms with E-state index in [2.05, 4.69) is 15.9 Å². The predicted octanol–water partition coefficient (Wildman–Crippen LogP) is 3.77. The summed E-state index contributed by atoms with van der Waals surface area (Å²) in [6.07, 6.45) is -0.306. The fourth-order valence-electron chi connectivity index (χ4n) is 1.95. The van der Waals surface area contributed by atoms with Gasteiger partial charge in [0.05, 0.1) is 17.0 Å². The third-order valence-corrected chi connectivity index (χ3v) is 5.61. The van der Waals surface area contributed by atoms with Crippen LogP contribution in [0, 0.1) is 0 Å². The van der Waals surface area contributed by atoms with Gasteiger partial charge in [-0.2, -0.15) is 0 Å². The van der Waals surface area contributed by atoms with E-state index in [1.807, 2.05) is 0 Å². The van der Waals surface area contributed by atoms with Crippen molar-refractivity contribution in [2.24, 2.45) is 0 Å². The number of aliphatic carboxylic acids is 1. The molecule has 0 saturated heterocycles. The molecule has 5 nitrogen and oxygen atoms in total. The fourth-order valence-corrected chi connectivity index (χ4v) is 3.92. The quantitative estimate of drug-likeness (QED) is 0.775. The SMILES string of the molecule is O=C(O)CCN(c1cccc(Br)c1)S(=O)(=O)c1ccc(Cl)cc1. The standard InChI is InChI=1S/C15H13BrClNO4S/c16-11-2-1-3-13(10-11)18(9-8-15(19)20)23(21,22)14-6-4-12(17)5-7-14/h1-7,10H,8-9H2,(H,19,20). The summed E-state index contributed by atoms with van der Waals surface area (Å²) < 4.78 is 27.5. The number of hydrogen-bond donors (Lipinski definition) is 1. The van der Waals surface area contributed by atoms with Crippen LogP contribution in [-0.2, 0) is 14.8 Å². The first-order chi connectivity index (χ1) is 10.8. The van der Waals surface area contributed by atoms with Crippen molar-refractivity contribution in [1.29, 1.82) is 0 Å². The molecule has 0 aliphatic heterocycles. The molecule has 8 heteroatoms. The minimum atomic E-state index is -3.89. The Hall–Kier alpha value is -1.57. The molecule has 0 aliphatic rings. The highest BCUT2D eigenvalue weighted by Crippen LogP contribution is 2.27. The number of hydrogen-bond acceptors (Lipinski definition) is 3. The summed E-state index contributed by atoms with van der Waals surface area (Å²) in [7, 11) is -3.89. The number of carbonyl (C=O) groups is 1. The molecule has 0 amide bonds. The summed E-state index contributed by atoms with van der Waals surface area (Å²) in [5, 5.41) is 9.31. The van der Waals surface area contributed by atoms with Crippen molar-refractivity contribution >= 4 is 49.2 Å². The average Bonchev–Trinajstić information content (AvgIpc) is 2.47. The van der Waals surface area contributed by atoms with E-state index in [1.54, 1.807) is 24.3 Å². The van der Waals surface area contributed by atoms with Crippen LogP contribution in [0.3, 0.4) is 0 Å². The van der Waals surface area contributed by atoms with E-state index in [-0.39, 0.29) is 17.9 Å². The summed E-state index contributed by atoms with van der Waals surface area (Å²) >= 11 is 9.08. The van der Waals surface area contributed by atoms with E-state index >= 15 is 0 Å². The molecule has 0 atom stereocenters.